The molecule has 0 bridgehead atoms. The zero-order valence-corrected chi connectivity index (χ0v) is 11.8. The molecule has 0 saturated carbocycles. The summed E-state index contributed by atoms with van der Waals surface area (Å²) in [5, 5.41) is 4.89. The van der Waals surface area contributed by atoms with E-state index in [2.05, 4.69) is 20.1 Å². The Labute approximate surface area is 118 Å². The van der Waals surface area contributed by atoms with Gasteiger partial charge in [0.05, 0.1) is 11.1 Å². The van der Waals surface area contributed by atoms with Crippen molar-refractivity contribution in [1.29, 1.82) is 0 Å². The van der Waals surface area contributed by atoms with Crippen LogP contribution < -0.4 is 5.56 Å². The Hall–Kier alpha value is -2.15. The van der Waals surface area contributed by atoms with E-state index in [4.69, 9.17) is 4.52 Å². The van der Waals surface area contributed by atoms with E-state index in [1.54, 1.807) is 6.07 Å². The molecule has 0 saturated heterocycles. The molecule has 0 aromatic carbocycles. The van der Waals surface area contributed by atoms with E-state index >= 15 is 0 Å². The van der Waals surface area contributed by atoms with Crippen molar-refractivity contribution in [2.24, 2.45) is 0 Å². The predicted molar refractivity (Wildman–Crippen MR) is 75.7 cm³/mol. The highest BCUT2D eigenvalue weighted by atomic mass is 32.2. The van der Waals surface area contributed by atoms with Gasteiger partial charge < -0.3 is 9.51 Å². The Kier molecular flexibility index (Phi) is 3.27. The van der Waals surface area contributed by atoms with Crippen LogP contribution in [0.5, 0.6) is 0 Å². The second-order valence-electron chi connectivity index (χ2n) is 4.43. The lowest BCUT2D eigenvalue weighted by Crippen LogP contribution is -2.12. The molecule has 0 aliphatic carbocycles. The highest BCUT2D eigenvalue weighted by molar-refractivity contribution is 7.98. The molecule has 7 heteroatoms. The number of fused-ring (bicyclic) bond motifs is 1. The van der Waals surface area contributed by atoms with Gasteiger partial charge in [0.15, 0.2) is 10.8 Å². The number of nitrogens with zero attached hydrogens (tertiary/aromatic N) is 3. The van der Waals surface area contributed by atoms with Crippen LogP contribution in [-0.4, -0.2) is 20.1 Å². The van der Waals surface area contributed by atoms with E-state index in [1.165, 1.54) is 18.0 Å². The molecule has 3 aromatic heterocycles. The van der Waals surface area contributed by atoms with Crippen LogP contribution in [-0.2, 0) is 5.75 Å². The molecule has 0 aliphatic rings. The average molecular weight is 288 g/mol. The van der Waals surface area contributed by atoms with Crippen LogP contribution in [0.4, 0.5) is 0 Å². The molecular formula is C13H12N4O2S. The van der Waals surface area contributed by atoms with Crippen molar-refractivity contribution in [2.75, 3.05) is 0 Å². The standard InChI is InChI=1S/C13H12N4O2S/c1-7-5-8(2)14-11-10(7)12(18)16-13(15-11)20-6-9-3-4-19-17-9/h3-5H,6H2,1-2H3,(H,14,15,16,18). The van der Waals surface area contributed by atoms with Gasteiger partial charge in [0.1, 0.15) is 6.26 Å². The molecule has 3 aromatic rings. The van der Waals surface area contributed by atoms with Gasteiger partial charge in [-0.15, -0.1) is 0 Å². The summed E-state index contributed by atoms with van der Waals surface area (Å²) in [6.45, 7) is 3.77. The average Bonchev–Trinajstić information content (AvgIpc) is 2.88. The maximum Gasteiger partial charge on any atom is 0.261 e. The van der Waals surface area contributed by atoms with E-state index in [0.717, 1.165) is 17.0 Å². The number of aromatic nitrogens is 4. The third kappa shape index (κ3) is 2.44. The molecule has 0 spiro atoms. The van der Waals surface area contributed by atoms with Gasteiger partial charge >= 0.3 is 0 Å². The van der Waals surface area contributed by atoms with Crippen LogP contribution in [0.15, 0.2) is 32.9 Å². The van der Waals surface area contributed by atoms with Gasteiger partial charge in [-0.3, -0.25) is 4.79 Å². The van der Waals surface area contributed by atoms with E-state index in [9.17, 15) is 4.79 Å². The van der Waals surface area contributed by atoms with Crippen LogP contribution in [0.2, 0.25) is 0 Å². The minimum Gasteiger partial charge on any atom is -0.364 e. The summed E-state index contributed by atoms with van der Waals surface area (Å²) >= 11 is 1.39. The molecule has 102 valence electrons. The second-order valence-corrected chi connectivity index (χ2v) is 5.39. The lowest BCUT2D eigenvalue weighted by atomic mass is 10.2. The minimum absolute atomic E-state index is 0.164. The molecule has 0 radical (unpaired) electrons. The molecule has 20 heavy (non-hydrogen) atoms. The molecule has 0 atom stereocenters. The lowest BCUT2D eigenvalue weighted by Gasteiger charge is -2.04. The summed E-state index contributed by atoms with van der Waals surface area (Å²) in [6.07, 6.45) is 1.51. The number of H-pyrrole nitrogens is 1. The van der Waals surface area contributed by atoms with Gasteiger partial charge in [0.2, 0.25) is 0 Å². The van der Waals surface area contributed by atoms with Gasteiger partial charge in [0, 0.05) is 17.5 Å². The number of hydrogen-bond acceptors (Lipinski definition) is 6. The molecule has 3 rings (SSSR count). The van der Waals surface area contributed by atoms with Crippen LogP contribution in [0.3, 0.4) is 0 Å². The molecule has 0 unspecified atom stereocenters. The fourth-order valence-corrected chi connectivity index (χ4v) is 2.73. The molecule has 6 nitrogen and oxygen atoms in total. The third-order valence-corrected chi connectivity index (χ3v) is 3.74. The Morgan fingerprint density at radius 2 is 2.20 bits per heavy atom. The Morgan fingerprint density at radius 3 is 2.95 bits per heavy atom. The number of aromatic amines is 1. The van der Waals surface area contributed by atoms with Crippen molar-refractivity contribution in [3.05, 3.63) is 45.7 Å². The zero-order valence-electron chi connectivity index (χ0n) is 11.0. The number of nitrogens with one attached hydrogen (secondary N) is 1. The molecule has 3 heterocycles. The normalized spacial score (nSPS) is 11.1. The van der Waals surface area contributed by atoms with Gasteiger partial charge in [-0.1, -0.05) is 16.9 Å². The van der Waals surface area contributed by atoms with Gasteiger partial charge in [0.25, 0.3) is 5.56 Å². The molecule has 0 aliphatic heterocycles. The SMILES string of the molecule is Cc1cc(C)c2c(=O)[nH]c(SCc3ccon3)nc2n1. The van der Waals surface area contributed by atoms with E-state index < -0.39 is 0 Å². The smallest absolute Gasteiger partial charge is 0.261 e. The van der Waals surface area contributed by atoms with E-state index in [-0.39, 0.29) is 5.56 Å². The minimum atomic E-state index is -0.164. The highest BCUT2D eigenvalue weighted by Gasteiger charge is 2.09. The largest absolute Gasteiger partial charge is 0.364 e. The van der Waals surface area contributed by atoms with Gasteiger partial charge in [-0.25, -0.2) is 9.97 Å². The first-order chi connectivity index (χ1) is 9.63. The summed E-state index contributed by atoms with van der Waals surface area (Å²) in [4.78, 5) is 23.6. The van der Waals surface area contributed by atoms with E-state index in [1.807, 2.05) is 19.9 Å². The summed E-state index contributed by atoms with van der Waals surface area (Å²) in [5.41, 5.74) is 2.84. The first-order valence-electron chi connectivity index (χ1n) is 6.04. The summed E-state index contributed by atoms with van der Waals surface area (Å²) in [7, 11) is 0. The number of aryl methyl sites for hydroxylation is 2. The van der Waals surface area contributed by atoms with E-state index in [0.29, 0.717) is 21.9 Å². The lowest BCUT2D eigenvalue weighted by molar-refractivity contribution is 0.414. The van der Waals surface area contributed by atoms with Crippen LogP contribution in [0.1, 0.15) is 17.0 Å². The second kappa shape index (κ2) is 5.09. The van der Waals surface area contributed by atoms with Crippen LogP contribution >= 0.6 is 11.8 Å². The zero-order chi connectivity index (χ0) is 14.1. The fourth-order valence-electron chi connectivity index (χ4n) is 1.99. The summed E-state index contributed by atoms with van der Waals surface area (Å²) in [5.74, 6) is 0.579. The Morgan fingerprint density at radius 1 is 1.35 bits per heavy atom. The van der Waals surface area contributed by atoms with Crippen LogP contribution in [0.25, 0.3) is 11.0 Å². The molecular weight excluding hydrogens is 276 g/mol. The van der Waals surface area contributed by atoms with Crippen molar-refractivity contribution < 1.29 is 4.52 Å². The molecule has 1 N–H and O–H groups in total. The predicted octanol–water partition coefficient (Wildman–Crippen LogP) is 2.22. The van der Waals surface area contributed by atoms with Crippen LogP contribution in [0, 0.1) is 13.8 Å². The van der Waals surface area contributed by atoms with Gasteiger partial charge in [-0.2, -0.15) is 0 Å². The maximum absolute atomic E-state index is 12.1. The topological polar surface area (TPSA) is 84.7 Å². The summed E-state index contributed by atoms with van der Waals surface area (Å²) in [6, 6.07) is 3.65. The summed E-state index contributed by atoms with van der Waals surface area (Å²) < 4.78 is 4.76. The van der Waals surface area contributed by atoms with Crippen molar-refractivity contribution in [1.82, 2.24) is 20.1 Å². The highest BCUT2D eigenvalue weighted by Crippen LogP contribution is 2.19. The monoisotopic (exact) mass is 288 g/mol. The Balaban J connectivity index is 1.99. The number of rotatable bonds is 3. The first kappa shape index (κ1) is 12.9. The number of pyridine rings is 1. The van der Waals surface area contributed by atoms with Crippen molar-refractivity contribution in [2.45, 2.75) is 24.8 Å². The quantitative estimate of drug-likeness (QED) is 0.587. The van der Waals surface area contributed by atoms with Crippen molar-refractivity contribution in [3.63, 3.8) is 0 Å². The number of thioether (sulfide) groups is 1. The first-order valence-corrected chi connectivity index (χ1v) is 7.02. The third-order valence-electron chi connectivity index (χ3n) is 2.83. The molecule has 0 fully saturated rings. The Bertz CT molecular complexity index is 811. The van der Waals surface area contributed by atoms with Crippen molar-refractivity contribution in [3.8, 4) is 0 Å². The van der Waals surface area contributed by atoms with Crippen molar-refractivity contribution >= 4 is 22.8 Å². The molecule has 0 amide bonds. The number of hydrogen-bond donors (Lipinski definition) is 1. The maximum atomic E-state index is 12.1. The fraction of sp³-hybridized carbons (Fsp3) is 0.231. The van der Waals surface area contributed by atoms with Gasteiger partial charge in [-0.05, 0) is 25.5 Å².